The van der Waals surface area contributed by atoms with Crippen molar-refractivity contribution in [2.75, 3.05) is 6.54 Å². The fraction of sp³-hybridized carbons (Fsp3) is 0.211. The summed E-state index contributed by atoms with van der Waals surface area (Å²) in [6.07, 6.45) is 3.39. The van der Waals surface area contributed by atoms with E-state index in [0.29, 0.717) is 13.0 Å². The highest BCUT2D eigenvalue weighted by atomic mass is 79.9. The second-order valence-corrected chi connectivity index (χ2v) is 6.60. The second-order valence-electron chi connectivity index (χ2n) is 5.69. The van der Waals surface area contributed by atoms with Crippen LogP contribution in [0.2, 0.25) is 0 Å². The Balaban J connectivity index is 1.57. The molecular formula is C19H19BrN2O. The highest BCUT2D eigenvalue weighted by molar-refractivity contribution is 9.10. The van der Waals surface area contributed by atoms with E-state index in [1.165, 1.54) is 16.5 Å². The Morgan fingerprint density at radius 3 is 2.83 bits per heavy atom. The second kappa shape index (κ2) is 7.01. The quantitative estimate of drug-likeness (QED) is 0.727. The summed E-state index contributed by atoms with van der Waals surface area (Å²) in [7, 11) is 2.05. The Kier molecular flexibility index (Phi) is 4.82. The minimum absolute atomic E-state index is 0.0586. The summed E-state index contributed by atoms with van der Waals surface area (Å²) < 4.78 is 3.13. The van der Waals surface area contributed by atoms with Gasteiger partial charge >= 0.3 is 0 Å². The molecule has 3 aromatic rings. The van der Waals surface area contributed by atoms with Gasteiger partial charge < -0.3 is 9.88 Å². The smallest absolute Gasteiger partial charge is 0.224 e. The Morgan fingerprint density at radius 2 is 2.00 bits per heavy atom. The number of hydrogen-bond acceptors (Lipinski definition) is 1. The van der Waals surface area contributed by atoms with Crippen LogP contribution in [-0.2, 0) is 24.7 Å². The van der Waals surface area contributed by atoms with Gasteiger partial charge in [-0.3, -0.25) is 4.79 Å². The van der Waals surface area contributed by atoms with E-state index in [4.69, 9.17) is 0 Å². The van der Waals surface area contributed by atoms with Crippen LogP contribution in [0.4, 0.5) is 0 Å². The topological polar surface area (TPSA) is 34.0 Å². The van der Waals surface area contributed by atoms with Crippen LogP contribution in [0.5, 0.6) is 0 Å². The van der Waals surface area contributed by atoms with Crippen molar-refractivity contribution in [3.63, 3.8) is 0 Å². The van der Waals surface area contributed by atoms with E-state index in [1.807, 2.05) is 30.3 Å². The van der Waals surface area contributed by atoms with Gasteiger partial charge in [-0.1, -0.05) is 46.3 Å². The first-order valence-electron chi connectivity index (χ1n) is 7.67. The van der Waals surface area contributed by atoms with Gasteiger partial charge in [-0.05, 0) is 35.7 Å². The molecule has 1 heterocycles. The van der Waals surface area contributed by atoms with Gasteiger partial charge in [0.2, 0.25) is 5.91 Å². The van der Waals surface area contributed by atoms with E-state index >= 15 is 0 Å². The molecule has 118 valence electrons. The summed E-state index contributed by atoms with van der Waals surface area (Å²) >= 11 is 3.43. The molecule has 1 amide bonds. The Hall–Kier alpha value is -2.07. The number of benzene rings is 2. The fourth-order valence-corrected chi connectivity index (χ4v) is 3.30. The molecule has 0 radical (unpaired) electrons. The summed E-state index contributed by atoms with van der Waals surface area (Å²) in [5.74, 6) is 0.0586. The van der Waals surface area contributed by atoms with Crippen molar-refractivity contribution >= 4 is 32.7 Å². The van der Waals surface area contributed by atoms with Crippen molar-refractivity contribution in [1.82, 2.24) is 9.88 Å². The van der Waals surface area contributed by atoms with Gasteiger partial charge in [-0.25, -0.2) is 0 Å². The average Bonchev–Trinajstić information content (AvgIpc) is 2.84. The molecule has 0 aliphatic rings. The lowest BCUT2D eigenvalue weighted by molar-refractivity contribution is -0.120. The number of nitrogens with one attached hydrogen (secondary N) is 1. The summed E-state index contributed by atoms with van der Waals surface area (Å²) in [5.41, 5.74) is 3.51. The number of para-hydroxylation sites is 1. The van der Waals surface area contributed by atoms with Gasteiger partial charge in [-0.15, -0.1) is 0 Å². The fourth-order valence-electron chi connectivity index (χ4n) is 2.86. The van der Waals surface area contributed by atoms with Gasteiger partial charge in [-0.2, -0.15) is 0 Å². The van der Waals surface area contributed by atoms with Crippen LogP contribution in [0, 0.1) is 0 Å². The van der Waals surface area contributed by atoms with Crippen LogP contribution in [0.25, 0.3) is 10.9 Å². The first-order chi connectivity index (χ1) is 11.1. The van der Waals surface area contributed by atoms with E-state index < -0.39 is 0 Å². The molecule has 2 aromatic carbocycles. The maximum Gasteiger partial charge on any atom is 0.224 e. The third-order valence-electron chi connectivity index (χ3n) is 3.95. The predicted molar refractivity (Wildman–Crippen MR) is 97.5 cm³/mol. The summed E-state index contributed by atoms with van der Waals surface area (Å²) in [6.45, 7) is 0.654. The molecule has 0 aliphatic carbocycles. The molecule has 0 spiro atoms. The average molecular weight is 371 g/mol. The van der Waals surface area contributed by atoms with E-state index in [9.17, 15) is 4.79 Å². The summed E-state index contributed by atoms with van der Waals surface area (Å²) in [6, 6.07) is 16.2. The zero-order chi connectivity index (χ0) is 16.2. The van der Waals surface area contributed by atoms with Gasteiger partial charge in [0, 0.05) is 35.2 Å². The molecule has 4 heteroatoms. The number of amides is 1. The van der Waals surface area contributed by atoms with Crippen LogP contribution in [0.1, 0.15) is 11.1 Å². The highest BCUT2D eigenvalue weighted by Gasteiger charge is 2.07. The molecular weight excluding hydrogens is 352 g/mol. The SMILES string of the molecule is Cn1cc(CCNC(=O)Cc2cccc(Br)c2)c2ccccc21. The molecule has 1 N–H and O–H groups in total. The molecule has 0 atom stereocenters. The molecule has 23 heavy (non-hydrogen) atoms. The van der Waals surface area contributed by atoms with Gasteiger partial charge in [0.1, 0.15) is 0 Å². The Morgan fingerprint density at radius 1 is 1.17 bits per heavy atom. The lowest BCUT2D eigenvalue weighted by Gasteiger charge is -2.05. The van der Waals surface area contributed by atoms with Crippen LogP contribution >= 0.6 is 15.9 Å². The van der Waals surface area contributed by atoms with Gasteiger partial charge in [0.05, 0.1) is 6.42 Å². The maximum atomic E-state index is 12.1. The molecule has 3 rings (SSSR count). The largest absolute Gasteiger partial charge is 0.355 e. The standard InChI is InChI=1S/C19H19BrN2O/c1-22-13-15(17-7-2-3-8-18(17)22)9-10-21-19(23)12-14-5-4-6-16(20)11-14/h2-8,11,13H,9-10,12H2,1H3,(H,21,23). The summed E-state index contributed by atoms with van der Waals surface area (Å²) in [5, 5.41) is 4.27. The van der Waals surface area contributed by atoms with E-state index in [-0.39, 0.29) is 5.91 Å². The summed E-state index contributed by atoms with van der Waals surface area (Å²) in [4.78, 5) is 12.1. The van der Waals surface area contributed by atoms with E-state index in [1.54, 1.807) is 0 Å². The number of halogens is 1. The number of rotatable bonds is 5. The molecule has 0 unspecified atom stereocenters. The highest BCUT2D eigenvalue weighted by Crippen LogP contribution is 2.20. The molecule has 0 aliphatic heterocycles. The lowest BCUT2D eigenvalue weighted by atomic mass is 10.1. The zero-order valence-electron chi connectivity index (χ0n) is 13.1. The van der Waals surface area contributed by atoms with E-state index in [0.717, 1.165) is 16.5 Å². The molecule has 1 aromatic heterocycles. The number of carbonyl (C=O) groups excluding carboxylic acids is 1. The predicted octanol–water partition coefficient (Wildman–Crippen LogP) is 3.84. The third-order valence-corrected chi connectivity index (χ3v) is 4.44. The van der Waals surface area contributed by atoms with E-state index in [2.05, 4.69) is 57.3 Å². The number of aryl methyl sites for hydroxylation is 1. The zero-order valence-corrected chi connectivity index (χ0v) is 14.6. The van der Waals surface area contributed by atoms with Crippen molar-refractivity contribution in [2.45, 2.75) is 12.8 Å². The van der Waals surface area contributed by atoms with Crippen LogP contribution in [-0.4, -0.2) is 17.0 Å². The first kappa shape index (κ1) is 15.8. The van der Waals surface area contributed by atoms with Crippen molar-refractivity contribution in [3.05, 3.63) is 70.3 Å². The number of fused-ring (bicyclic) bond motifs is 1. The minimum atomic E-state index is 0.0586. The molecule has 0 saturated heterocycles. The molecule has 0 fully saturated rings. The van der Waals surface area contributed by atoms with Crippen molar-refractivity contribution in [1.29, 1.82) is 0 Å². The van der Waals surface area contributed by atoms with Gasteiger partial charge in [0.25, 0.3) is 0 Å². The monoisotopic (exact) mass is 370 g/mol. The minimum Gasteiger partial charge on any atom is -0.355 e. The Bertz CT molecular complexity index is 838. The van der Waals surface area contributed by atoms with Gasteiger partial charge in [0.15, 0.2) is 0 Å². The normalized spacial score (nSPS) is 10.9. The van der Waals surface area contributed by atoms with Crippen LogP contribution in [0.15, 0.2) is 59.2 Å². The Labute approximate surface area is 144 Å². The van der Waals surface area contributed by atoms with Crippen LogP contribution in [0.3, 0.4) is 0 Å². The molecule has 0 bridgehead atoms. The lowest BCUT2D eigenvalue weighted by Crippen LogP contribution is -2.27. The van der Waals surface area contributed by atoms with Crippen molar-refractivity contribution in [2.24, 2.45) is 7.05 Å². The number of nitrogens with zero attached hydrogens (tertiary/aromatic N) is 1. The number of carbonyl (C=O) groups is 1. The number of hydrogen-bond donors (Lipinski definition) is 1. The van der Waals surface area contributed by atoms with Crippen LogP contribution < -0.4 is 5.32 Å². The number of aromatic nitrogens is 1. The maximum absolute atomic E-state index is 12.1. The molecule has 3 nitrogen and oxygen atoms in total. The third kappa shape index (κ3) is 3.82. The molecule has 0 saturated carbocycles. The first-order valence-corrected chi connectivity index (χ1v) is 8.47. The van der Waals surface area contributed by atoms with Crippen molar-refractivity contribution < 1.29 is 4.79 Å². The van der Waals surface area contributed by atoms with Crippen molar-refractivity contribution in [3.8, 4) is 0 Å².